The number of aryl methyl sites for hydroxylation is 5. The molecule has 10 heterocycles. The number of methoxy groups -OCH3 is 1. The lowest BCUT2D eigenvalue weighted by molar-refractivity contribution is -0.117. The Morgan fingerprint density at radius 2 is 0.773 bits per heavy atom. The van der Waals surface area contributed by atoms with E-state index in [9.17, 15) is 32.4 Å². The van der Waals surface area contributed by atoms with Crippen LogP contribution < -0.4 is 51.5 Å². The van der Waals surface area contributed by atoms with Gasteiger partial charge in [0.25, 0.3) is 0 Å². The maximum absolute atomic E-state index is 12.8. The van der Waals surface area contributed by atoms with Crippen LogP contribution in [0, 0.1) is 0 Å². The zero-order chi connectivity index (χ0) is 92.7. The fourth-order valence-corrected chi connectivity index (χ4v) is 16.0. The van der Waals surface area contributed by atoms with Crippen LogP contribution in [-0.4, -0.2) is 107 Å². The average molecular weight is 1860 g/mol. The SMILES string of the molecule is COc1ccccc1Oc1ncc(C(=O)CCc2ccc3c(N)nccc3c2)cc1Cl.CS(=O)(=O)c1ccc(Oc2ncc(C(=O)CCc3ccc4c(N)nccc4c3)cc2Cl)cc1.Cn1cnc2cc(Oc3ncc(C(=O)CCc4ccc5c(N)nccc5c4)cc3Cl)ccc21.Nc1nccc2cc(CCC(=O)c3cnc(Oc4cccc(N5CCCC5=O)c4)c(Cl)c3)ccc12. The van der Waals surface area contributed by atoms with E-state index in [1.165, 1.54) is 55.1 Å². The van der Waals surface area contributed by atoms with Crippen LogP contribution in [0.3, 0.4) is 0 Å². The quantitative estimate of drug-likeness (QED) is 0.0347. The number of para-hydroxylation sites is 2. The molecule has 18 rings (SSSR count). The summed E-state index contributed by atoms with van der Waals surface area (Å²) in [4.78, 5) is 102. The van der Waals surface area contributed by atoms with Gasteiger partial charge >= 0.3 is 0 Å². The minimum Gasteiger partial charge on any atom is -0.493 e. The first-order valence-corrected chi connectivity index (χ1v) is 44.8. The van der Waals surface area contributed by atoms with Crippen molar-refractivity contribution in [3.8, 4) is 52.3 Å². The molecule has 9 aromatic heterocycles. The van der Waals surface area contributed by atoms with Gasteiger partial charge in [0, 0.05) is 163 Å². The molecule has 1 aliphatic heterocycles. The molecule has 0 radical (unpaired) electrons. The van der Waals surface area contributed by atoms with Crippen LogP contribution in [0.2, 0.25) is 20.1 Å². The largest absolute Gasteiger partial charge is 0.493 e. The molecule has 32 heteroatoms. The van der Waals surface area contributed by atoms with Crippen molar-refractivity contribution >= 4 is 168 Å². The van der Waals surface area contributed by atoms with Crippen LogP contribution in [0.4, 0.5) is 29.0 Å². The minimum absolute atomic E-state index is 0.0415. The number of ether oxygens (including phenoxy) is 5. The highest BCUT2D eigenvalue weighted by atomic mass is 35.5. The molecule has 0 unspecified atom stereocenters. The summed E-state index contributed by atoms with van der Waals surface area (Å²) in [5.41, 5.74) is 32.0. The molecule has 1 amide bonds. The van der Waals surface area contributed by atoms with Gasteiger partial charge in [-0.05, 0) is 185 Å². The van der Waals surface area contributed by atoms with Gasteiger partial charge < -0.3 is 56.1 Å². The molecule has 0 aliphatic carbocycles. The Bertz CT molecular complexity index is 7400. The summed E-state index contributed by atoms with van der Waals surface area (Å²) in [6, 6.07) is 63.4. The third-order valence-electron chi connectivity index (χ3n) is 21.6. The first kappa shape index (κ1) is 91.7. The normalized spacial score (nSPS) is 11.8. The maximum atomic E-state index is 12.8. The number of pyridine rings is 8. The van der Waals surface area contributed by atoms with Gasteiger partial charge in [-0.15, -0.1) is 0 Å². The number of carbonyl (C=O) groups excluding carboxylic acids is 5. The Kier molecular flexibility index (Phi) is 28.9. The highest BCUT2D eigenvalue weighted by Gasteiger charge is 2.24. The van der Waals surface area contributed by atoms with E-state index in [1.54, 1.807) is 85.6 Å². The summed E-state index contributed by atoms with van der Waals surface area (Å²) in [5, 5.41) is 8.50. The number of nitrogens with two attached hydrogens (primary N) is 4. The van der Waals surface area contributed by atoms with Crippen LogP contribution in [0.25, 0.3) is 54.1 Å². The van der Waals surface area contributed by atoms with Crippen LogP contribution in [0.1, 0.15) is 102 Å². The summed E-state index contributed by atoms with van der Waals surface area (Å²) in [6.07, 6.45) is 20.4. The van der Waals surface area contributed by atoms with Crippen LogP contribution in [0.5, 0.6) is 52.3 Å². The average Bonchev–Trinajstić information content (AvgIpc) is 0.987. The number of nitrogens with zero attached hydrogens (tertiary/aromatic N) is 11. The Labute approximate surface area is 777 Å². The van der Waals surface area contributed by atoms with E-state index < -0.39 is 9.84 Å². The third-order valence-corrected chi connectivity index (χ3v) is 23.8. The van der Waals surface area contributed by atoms with Gasteiger partial charge in [0.15, 0.2) is 44.5 Å². The maximum Gasteiger partial charge on any atom is 0.238 e. The summed E-state index contributed by atoms with van der Waals surface area (Å²) >= 11 is 25.3. The number of hydrogen-bond acceptors (Lipinski definition) is 25. The van der Waals surface area contributed by atoms with E-state index >= 15 is 0 Å². The predicted octanol–water partition coefficient (Wildman–Crippen LogP) is 21.3. The van der Waals surface area contributed by atoms with Crippen molar-refractivity contribution in [2.24, 2.45) is 7.05 Å². The number of nitrogen functional groups attached to an aromatic ring is 4. The van der Waals surface area contributed by atoms with E-state index in [0.717, 1.165) is 94.7 Å². The number of aromatic nitrogens is 10. The number of imidazole rings is 1. The zero-order valence-electron chi connectivity index (χ0n) is 71.2. The number of rotatable bonds is 27. The first-order valence-electron chi connectivity index (χ1n) is 41.4. The fraction of sp³-hybridized carbons (Fsp3) is 0.140. The lowest BCUT2D eigenvalue weighted by atomic mass is 10.0. The molecule has 1 fully saturated rings. The molecule has 8 N–H and O–H groups in total. The van der Waals surface area contributed by atoms with Crippen molar-refractivity contribution in [1.82, 2.24) is 49.4 Å². The predicted molar refractivity (Wildman–Crippen MR) is 514 cm³/mol. The number of fused-ring (bicyclic) bond motifs is 5. The minimum atomic E-state index is -3.30. The second-order valence-electron chi connectivity index (χ2n) is 30.7. The third kappa shape index (κ3) is 22.8. The molecule has 0 bridgehead atoms. The van der Waals surface area contributed by atoms with E-state index in [-0.39, 0.29) is 84.0 Å². The highest BCUT2D eigenvalue weighted by Crippen LogP contribution is 2.38. The summed E-state index contributed by atoms with van der Waals surface area (Å²) in [5.74, 6) is 5.12. The number of halogens is 4. The molecule has 132 heavy (non-hydrogen) atoms. The number of amides is 1. The van der Waals surface area contributed by atoms with Gasteiger partial charge in [-0.3, -0.25) is 24.0 Å². The van der Waals surface area contributed by atoms with Crippen molar-refractivity contribution in [3.63, 3.8) is 0 Å². The number of carbonyl (C=O) groups is 5. The van der Waals surface area contributed by atoms with Crippen molar-refractivity contribution in [1.29, 1.82) is 0 Å². The molecule has 8 aromatic carbocycles. The lowest BCUT2D eigenvalue weighted by Gasteiger charge is -2.16. The molecule has 0 saturated carbocycles. The number of anilines is 5. The summed E-state index contributed by atoms with van der Waals surface area (Å²) in [6.45, 7) is 0.697. The standard InChI is InChI=1S/C27H23ClN4O3.C25H20ClN5O2.C24H20ClN3O4S.C24H20ClN3O3/c28-23-14-19(24(33)9-7-17-6-8-22-18(13-17)10-11-30-26(22)29)16-31-27(23)35-21-4-1-3-20(15-21)32-12-2-5-25(32)34;1-31-14-30-21-12-18(4-6-22(21)31)33-25-20(26)11-17(13-29-25)23(32)7-3-15-2-5-19-16(10-15)8-9-28-24(19)27;1-33(30,31)19-6-4-18(5-7-19)32-24-21(25)13-17(14-28-24)22(29)9-3-15-2-8-20-16(12-15)10-11-27-23(20)26;1-30-21-4-2-3-5-22(21)31-24-19(25)13-17(14-28-24)20(29)9-7-15-6-8-18-16(12-15)10-11-27-23(18)26/h1,3-4,6,8,10-11,13-16H,2,5,7,9,12H2,(H2,29,30);2,4-6,8-14H,3,7H2,1H3,(H2,27,28);2,4-8,10-14H,3,9H2,1H3,(H2,26,27);2-6,8,10-14H,7,9H2,1H3,(H2,26,27). The zero-order valence-corrected chi connectivity index (χ0v) is 75.1. The lowest BCUT2D eigenvalue weighted by Crippen LogP contribution is -2.23. The van der Waals surface area contributed by atoms with Crippen LogP contribution in [-0.2, 0) is 47.4 Å². The molecule has 0 spiro atoms. The number of Topliss-reactive ketones (excluding diaryl/α,β-unsaturated/α-hetero) is 4. The van der Waals surface area contributed by atoms with Crippen molar-refractivity contribution < 1.29 is 56.1 Å². The Morgan fingerprint density at radius 1 is 0.402 bits per heavy atom. The molecular formula is C100H83Cl4N15O12S. The van der Waals surface area contributed by atoms with Gasteiger partial charge in [-0.2, -0.15) is 0 Å². The second kappa shape index (κ2) is 41.6. The van der Waals surface area contributed by atoms with E-state index in [2.05, 4.69) is 44.9 Å². The molecule has 1 saturated heterocycles. The van der Waals surface area contributed by atoms with Crippen molar-refractivity contribution in [2.75, 3.05) is 47.7 Å². The van der Waals surface area contributed by atoms with E-state index in [0.29, 0.717) is 132 Å². The Balaban J connectivity index is 0.000000135. The van der Waals surface area contributed by atoms with E-state index in [4.69, 9.17) is 93.0 Å². The first-order chi connectivity index (χ1) is 63.7. The smallest absolute Gasteiger partial charge is 0.238 e. The van der Waals surface area contributed by atoms with Crippen LogP contribution in [0.15, 0.2) is 273 Å². The van der Waals surface area contributed by atoms with Gasteiger partial charge in [-0.1, -0.05) is 137 Å². The second-order valence-corrected chi connectivity index (χ2v) is 34.3. The van der Waals surface area contributed by atoms with Gasteiger partial charge in [0.2, 0.25) is 29.4 Å². The number of ketones is 4. The van der Waals surface area contributed by atoms with Crippen molar-refractivity contribution in [3.05, 3.63) is 333 Å². The van der Waals surface area contributed by atoms with E-state index in [1.807, 2.05) is 151 Å². The molecule has 664 valence electrons. The molecule has 1 aliphatic rings. The number of sulfone groups is 1. The van der Waals surface area contributed by atoms with Crippen molar-refractivity contribution in [2.45, 2.75) is 69.1 Å². The highest BCUT2D eigenvalue weighted by molar-refractivity contribution is 7.90. The number of hydrogen-bond donors (Lipinski definition) is 4. The summed E-state index contributed by atoms with van der Waals surface area (Å²) < 4.78 is 53.4. The Hall–Kier alpha value is -15.1. The Morgan fingerprint density at radius 3 is 1.14 bits per heavy atom. The van der Waals surface area contributed by atoms with Gasteiger partial charge in [0.05, 0.1) is 29.4 Å². The topological polar surface area (TPSA) is 394 Å². The monoisotopic (exact) mass is 1860 g/mol. The summed E-state index contributed by atoms with van der Waals surface area (Å²) in [7, 11) is 0.186. The van der Waals surface area contributed by atoms with Crippen LogP contribution >= 0.6 is 46.4 Å². The molecular weight excluding hydrogens is 1780 g/mol. The molecule has 17 aromatic rings. The molecule has 27 nitrogen and oxygen atoms in total. The van der Waals surface area contributed by atoms with Gasteiger partial charge in [-0.25, -0.2) is 53.3 Å². The molecule has 0 atom stereocenters. The fourth-order valence-electron chi connectivity index (χ4n) is 14.6. The number of benzene rings is 8. The van der Waals surface area contributed by atoms with Gasteiger partial charge in [0.1, 0.15) is 60.6 Å².